The fourth-order valence-corrected chi connectivity index (χ4v) is 3.42. The van der Waals surface area contributed by atoms with Crippen LogP contribution in [0.1, 0.15) is 84.5 Å². The maximum absolute atomic E-state index is 6.29. The van der Waals surface area contributed by atoms with Gasteiger partial charge >= 0.3 is 0 Å². The Morgan fingerprint density at radius 1 is 0.889 bits per heavy atom. The van der Waals surface area contributed by atoms with Crippen molar-refractivity contribution in [3.05, 3.63) is 0 Å². The summed E-state index contributed by atoms with van der Waals surface area (Å²) in [5.74, 6) is 0. The minimum atomic E-state index is 0.0452. The first-order chi connectivity index (χ1) is 8.66. The fraction of sp³-hybridized carbons (Fsp3) is 1.00. The highest BCUT2D eigenvalue weighted by atomic mass is 32.2. The Balaban J connectivity index is 2.41. The van der Waals surface area contributed by atoms with E-state index in [4.69, 9.17) is 4.74 Å². The van der Waals surface area contributed by atoms with Gasteiger partial charge in [0.05, 0.1) is 6.10 Å². The first kappa shape index (κ1) is 16.4. The van der Waals surface area contributed by atoms with Gasteiger partial charge in [0.25, 0.3) is 0 Å². The summed E-state index contributed by atoms with van der Waals surface area (Å²) >= 11 is 1.89. The van der Waals surface area contributed by atoms with E-state index in [1.165, 1.54) is 70.6 Å². The highest BCUT2D eigenvalue weighted by molar-refractivity contribution is 7.99. The Hall–Kier alpha value is 0.310. The molecular formula is C16H32OS. The summed E-state index contributed by atoms with van der Waals surface area (Å²) in [7, 11) is 0. The normalized spacial score (nSPS) is 33.8. The molecule has 0 saturated carbocycles. The molecule has 1 fully saturated rings. The zero-order valence-electron chi connectivity index (χ0n) is 12.7. The lowest BCUT2D eigenvalue weighted by Gasteiger charge is -2.31. The third-order valence-electron chi connectivity index (χ3n) is 4.12. The second-order valence-corrected chi connectivity index (χ2v) is 7.26. The second kappa shape index (κ2) is 9.25. The number of ether oxygens (including phenoxy) is 1. The SMILES string of the molecule is CSC1(C)CCCCCCCCCCCC(C)O1. The van der Waals surface area contributed by atoms with Crippen molar-refractivity contribution < 1.29 is 4.74 Å². The van der Waals surface area contributed by atoms with Gasteiger partial charge in [-0.25, -0.2) is 0 Å². The van der Waals surface area contributed by atoms with E-state index in [0.29, 0.717) is 6.10 Å². The standard InChI is InChI=1S/C16H32OS/c1-15-13-11-9-7-5-4-6-8-10-12-14-16(2,17-15)18-3/h15H,4-14H2,1-3H3. The second-order valence-electron chi connectivity index (χ2n) is 5.99. The molecule has 0 N–H and O–H groups in total. The van der Waals surface area contributed by atoms with Crippen LogP contribution >= 0.6 is 11.8 Å². The highest BCUT2D eigenvalue weighted by Crippen LogP contribution is 2.32. The highest BCUT2D eigenvalue weighted by Gasteiger charge is 2.25. The van der Waals surface area contributed by atoms with Crippen molar-refractivity contribution in [2.45, 2.75) is 95.5 Å². The van der Waals surface area contributed by atoms with Crippen molar-refractivity contribution in [2.24, 2.45) is 0 Å². The van der Waals surface area contributed by atoms with E-state index >= 15 is 0 Å². The van der Waals surface area contributed by atoms with Crippen LogP contribution in [0.25, 0.3) is 0 Å². The molecule has 0 radical (unpaired) electrons. The van der Waals surface area contributed by atoms with Crippen LogP contribution in [-0.2, 0) is 4.74 Å². The molecule has 1 nitrogen and oxygen atoms in total. The molecule has 1 saturated heterocycles. The van der Waals surface area contributed by atoms with E-state index in [-0.39, 0.29) is 4.93 Å². The number of rotatable bonds is 1. The van der Waals surface area contributed by atoms with Crippen molar-refractivity contribution in [3.8, 4) is 0 Å². The van der Waals surface area contributed by atoms with Crippen molar-refractivity contribution in [2.75, 3.05) is 6.26 Å². The van der Waals surface area contributed by atoms with Crippen LogP contribution in [0.2, 0.25) is 0 Å². The average Bonchev–Trinajstić information content (AvgIpc) is 2.35. The lowest BCUT2D eigenvalue weighted by molar-refractivity contribution is -0.0252. The van der Waals surface area contributed by atoms with Crippen LogP contribution < -0.4 is 0 Å². The molecule has 0 aromatic heterocycles. The molecule has 0 aromatic carbocycles. The van der Waals surface area contributed by atoms with E-state index in [0.717, 1.165) is 0 Å². The molecule has 0 aliphatic carbocycles. The molecule has 2 heteroatoms. The van der Waals surface area contributed by atoms with Gasteiger partial charge in [-0.2, -0.15) is 0 Å². The minimum absolute atomic E-state index is 0.0452. The van der Waals surface area contributed by atoms with Crippen molar-refractivity contribution in [1.82, 2.24) is 0 Å². The van der Waals surface area contributed by atoms with Gasteiger partial charge in [0.15, 0.2) is 0 Å². The van der Waals surface area contributed by atoms with Crippen LogP contribution in [0.4, 0.5) is 0 Å². The van der Waals surface area contributed by atoms with Gasteiger partial charge in [0.1, 0.15) is 4.93 Å². The topological polar surface area (TPSA) is 9.23 Å². The quantitative estimate of drug-likeness (QED) is 0.599. The predicted molar refractivity (Wildman–Crippen MR) is 83.3 cm³/mol. The van der Waals surface area contributed by atoms with Crippen LogP contribution in [0.5, 0.6) is 0 Å². The summed E-state index contributed by atoms with van der Waals surface area (Å²) in [4.78, 5) is 0.0452. The van der Waals surface area contributed by atoms with Crippen molar-refractivity contribution in [3.63, 3.8) is 0 Å². The predicted octanol–water partition coefficient (Wildman–Crippen LogP) is 5.78. The summed E-state index contributed by atoms with van der Waals surface area (Å²) in [5.41, 5.74) is 0. The van der Waals surface area contributed by atoms with E-state index in [1.54, 1.807) is 0 Å². The van der Waals surface area contributed by atoms with Gasteiger partial charge in [0, 0.05) is 0 Å². The lowest BCUT2D eigenvalue weighted by Crippen LogP contribution is -2.29. The molecule has 0 aromatic rings. The summed E-state index contributed by atoms with van der Waals surface area (Å²) in [6, 6.07) is 0. The fourth-order valence-electron chi connectivity index (χ4n) is 2.81. The maximum Gasteiger partial charge on any atom is 0.111 e. The Labute approximate surface area is 118 Å². The zero-order chi connectivity index (χ0) is 13.3. The smallest absolute Gasteiger partial charge is 0.111 e. The molecule has 2 unspecified atom stereocenters. The van der Waals surface area contributed by atoms with E-state index < -0.39 is 0 Å². The molecule has 1 aliphatic rings. The third kappa shape index (κ3) is 7.04. The van der Waals surface area contributed by atoms with E-state index in [9.17, 15) is 0 Å². The van der Waals surface area contributed by atoms with Crippen LogP contribution in [0.3, 0.4) is 0 Å². The molecule has 1 rings (SSSR count). The molecule has 18 heavy (non-hydrogen) atoms. The van der Waals surface area contributed by atoms with E-state index in [1.807, 2.05) is 11.8 Å². The van der Waals surface area contributed by atoms with Crippen molar-refractivity contribution >= 4 is 11.8 Å². The number of thioether (sulfide) groups is 1. The summed E-state index contributed by atoms with van der Waals surface area (Å²) in [6.07, 6.45) is 17.7. The van der Waals surface area contributed by atoms with Crippen LogP contribution in [0.15, 0.2) is 0 Å². The van der Waals surface area contributed by atoms with Gasteiger partial charge in [-0.05, 0) is 39.4 Å². The van der Waals surface area contributed by atoms with Crippen LogP contribution in [0, 0.1) is 0 Å². The lowest BCUT2D eigenvalue weighted by atomic mass is 10.0. The van der Waals surface area contributed by atoms with Gasteiger partial charge < -0.3 is 4.74 Å². The molecular weight excluding hydrogens is 240 g/mol. The molecule has 0 bridgehead atoms. The largest absolute Gasteiger partial charge is 0.362 e. The monoisotopic (exact) mass is 272 g/mol. The molecule has 2 atom stereocenters. The first-order valence-corrected chi connectivity index (χ1v) is 9.12. The number of hydrogen-bond donors (Lipinski definition) is 0. The summed E-state index contributed by atoms with van der Waals surface area (Å²) in [5, 5.41) is 0. The zero-order valence-corrected chi connectivity index (χ0v) is 13.5. The Morgan fingerprint density at radius 3 is 1.94 bits per heavy atom. The Morgan fingerprint density at radius 2 is 1.39 bits per heavy atom. The maximum atomic E-state index is 6.29. The van der Waals surface area contributed by atoms with Crippen LogP contribution in [-0.4, -0.2) is 17.3 Å². The Kier molecular flexibility index (Phi) is 8.41. The van der Waals surface area contributed by atoms with Gasteiger partial charge in [0.2, 0.25) is 0 Å². The third-order valence-corrected chi connectivity index (χ3v) is 5.29. The average molecular weight is 272 g/mol. The molecule has 108 valence electrons. The van der Waals surface area contributed by atoms with Gasteiger partial charge in [-0.15, -0.1) is 11.8 Å². The summed E-state index contributed by atoms with van der Waals surface area (Å²) in [6.45, 7) is 4.53. The Bertz CT molecular complexity index is 207. The molecule has 1 aliphatic heterocycles. The van der Waals surface area contributed by atoms with Gasteiger partial charge in [-0.1, -0.05) is 51.4 Å². The minimum Gasteiger partial charge on any atom is -0.362 e. The number of hydrogen-bond acceptors (Lipinski definition) is 2. The molecule has 1 heterocycles. The van der Waals surface area contributed by atoms with E-state index in [2.05, 4.69) is 20.1 Å². The van der Waals surface area contributed by atoms with Crippen molar-refractivity contribution in [1.29, 1.82) is 0 Å². The van der Waals surface area contributed by atoms with Gasteiger partial charge in [-0.3, -0.25) is 0 Å². The summed E-state index contributed by atoms with van der Waals surface area (Å²) < 4.78 is 6.29. The molecule has 0 spiro atoms. The first-order valence-electron chi connectivity index (χ1n) is 7.89. The molecule has 0 amide bonds.